The van der Waals surface area contributed by atoms with Gasteiger partial charge in [0.2, 0.25) is 0 Å². The Balaban J connectivity index is 1.25. The molecule has 0 amide bonds. The summed E-state index contributed by atoms with van der Waals surface area (Å²) in [6.45, 7) is 6.98. The van der Waals surface area contributed by atoms with Crippen LogP contribution in [0.4, 0.5) is 0 Å². The van der Waals surface area contributed by atoms with Crippen LogP contribution in [0, 0.1) is 0 Å². The molecule has 8 rings (SSSR count). The predicted molar refractivity (Wildman–Crippen MR) is 179 cm³/mol. The minimum atomic E-state index is 0.162. The van der Waals surface area contributed by atoms with Gasteiger partial charge in [-0.15, -0.1) is 0 Å². The van der Waals surface area contributed by atoms with E-state index >= 15 is 0 Å². The number of hydrogen-bond donors (Lipinski definition) is 0. The minimum absolute atomic E-state index is 0.162. The summed E-state index contributed by atoms with van der Waals surface area (Å²) in [6.07, 6.45) is 1.12. The van der Waals surface area contributed by atoms with Gasteiger partial charge in [-0.05, 0) is 112 Å². The Bertz CT molecular complexity index is 2250. The van der Waals surface area contributed by atoms with Gasteiger partial charge in [-0.2, -0.15) is 0 Å². The molecule has 0 fully saturated rings. The first-order valence-corrected chi connectivity index (χ1v) is 14.7. The first kappa shape index (κ1) is 24.1. The molecule has 0 saturated heterocycles. The quantitative estimate of drug-likeness (QED) is 0.201. The van der Waals surface area contributed by atoms with E-state index < -0.39 is 0 Å². The minimum Gasteiger partial charge on any atom is -0.0646 e. The molecule has 0 bridgehead atoms. The van der Waals surface area contributed by atoms with Crippen molar-refractivity contribution in [1.82, 2.24) is 0 Å². The summed E-state index contributed by atoms with van der Waals surface area (Å²) in [4.78, 5) is 0. The molecule has 196 valence electrons. The Morgan fingerprint density at radius 2 is 0.951 bits per heavy atom. The number of benzene rings is 8. The molecule has 0 heteroatoms. The molecule has 8 aromatic rings. The summed E-state index contributed by atoms with van der Waals surface area (Å²) in [5.41, 5.74) is 6.65. The van der Waals surface area contributed by atoms with Gasteiger partial charge in [0.05, 0.1) is 0 Å². The van der Waals surface area contributed by atoms with Crippen LogP contribution in [0.15, 0.2) is 127 Å². The van der Waals surface area contributed by atoms with Gasteiger partial charge in [0.15, 0.2) is 0 Å². The first-order valence-electron chi connectivity index (χ1n) is 14.7. The molecule has 0 N–H and O–H groups in total. The molecule has 0 atom stereocenters. The van der Waals surface area contributed by atoms with Crippen LogP contribution < -0.4 is 0 Å². The van der Waals surface area contributed by atoms with E-state index in [-0.39, 0.29) is 5.41 Å². The molecule has 41 heavy (non-hydrogen) atoms. The Labute approximate surface area is 241 Å². The maximum atomic E-state index is 2.42. The normalized spacial score (nSPS) is 12.4. The van der Waals surface area contributed by atoms with Crippen molar-refractivity contribution in [1.29, 1.82) is 0 Å². The van der Waals surface area contributed by atoms with Crippen molar-refractivity contribution in [2.45, 2.75) is 32.6 Å². The number of rotatable bonds is 4. The van der Waals surface area contributed by atoms with Gasteiger partial charge in [-0.1, -0.05) is 130 Å². The van der Waals surface area contributed by atoms with Gasteiger partial charge in [-0.25, -0.2) is 0 Å². The summed E-state index contributed by atoms with van der Waals surface area (Å²) in [5, 5.41) is 13.2. The Morgan fingerprint density at radius 1 is 0.439 bits per heavy atom. The largest absolute Gasteiger partial charge is 0.0646 e. The van der Waals surface area contributed by atoms with Gasteiger partial charge in [0.25, 0.3) is 0 Å². The second-order valence-electron chi connectivity index (χ2n) is 12.3. The van der Waals surface area contributed by atoms with Gasteiger partial charge in [-0.3, -0.25) is 0 Å². The van der Waals surface area contributed by atoms with Gasteiger partial charge < -0.3 is 0 Å². The van der Waals surface area contributed by atoms with E-state index in [1.54, 1.807) is 0 Å². The van der Waals surface area contributed by atoms with Gasteiger partial charge in [0, 0.05) is 0 Å². The average molecular weight is 525 g/mol. The summed E-state index contributed by atoms with van der Waals surface area (Å²) in [7, 11) is 0. The summed E-state index contributed by atoms with van der Waals surface area (Å²) in [5.74, 6) is 0. The Hall–Kier alpha value is -4.68. The molecule has 0 aliphatic heterocycles. The van der Waals surface area contributed by atoms with Crippen molar-refractivity contribution in [2.75, 3.05) is 0 Å². The van der Waals surface area contributed by atoms with E-state index in [9.17, 15) is 0 Å². The van der Waals surface area contributed by atoms with Crippen LogP contribution in [0.2, 0.25) is 0 Å². The fourth-order valence-corrected chi connectivity index (χ4v) is 6.63. The third-order valence-corrected chi connectivity index (χ3v) is 9.50. The zero-order valence-corrected chi connectivity index (χ0v) is 23.8. The van der Waals surface area contributed by atoms with Crippen LogP contribution >= 0.6 is 0 Å². The number of hydrogen-bond acceptors (Lipinski definition) is 0. The highest BCUT2D eigenvalue weighted by molar-refractivity contribution is 6.25. The lowest BCUT2D eigenvalue weighted by atomic mass is 9.79. The van der Waals surface area contributed by atoms with Crippen molar-refractivity contribution in [3.63, 3.8) is 0 Å². The monoisotopic (exact) mass is 524 g/mol. The molecular formula is C41H32. The smallest absolute Gasteiger partial charge is 0.00206 e. The summed E-state index contributed by atoms with van der Waals surface area (Å²) in [6, 6.07) is 47.8. The molecule has 0 heterocycles. The Kier molecular flexibility index (Phi) is 5.25. The van der Waals surface area contributed by atoms with Crippen molar-refractivity contribution in [3.8, 4) is 22.3 Å². The van der Waals surface area contributed by atoms with E-state index in [1.807, 2.05) is 0 Å². The standard InChI is InChI=1S/C41H32/c1-4-41(2,3)36-24-34-16-10-27-17-19-37(38-20-18-35(25-36)39(34)40(27)38)33-15-14-31-22-30(12-13-32(31)23-33)29-11-9-26-7-5-6-8-28(26)21-29/h5-25H,4H2,1-3H3. The summed E-state index contributed by atoms with van der Waals surface area (Å²) >= 11 is 0. The van der Waals surface area contributed by atoms with Crippen LogP contribution in [0.5, 0.6) is 0 Å². The molecule has 0 unspecified atom stereocenters. The van der Waals surface area contributed by atoms with Crippen LogP contribution in [-0.4, -0.2) is 0 Å². The second-order valence-corrected chi connectivity index (χ2v) is 12.3. The molecule has 0 aliphatic carbocycles. The fraction of sp³-hybridized carbons (Fsp3) is 0.122. The SMILES string of the molecule is CCC(C)(C)c1cc2ccc3ccc(-c4ccc5cc(-c6ccc7ccccc7c6)ccc5c4)c4ccc(c1)c2c34. The highest BCUT2D eigenvalue weighted by Crippen LogP contribution is 2.42. The highest BCUT2D eigenvalue weighted by atomic mass is 14.2. The molecule has 0 radical (unpaired) electrons. The van der Waals surface area contributed by atoms with Crippen LogP contribution in [-0.2, 0) is 5.41 Å². The zero-order valence-electron chi connectivity index (χ0n) is 23.8. The average Bonchev–Trinajstić information content (AvgIpc) is 3.02. The maximum absolute atomic E-state index is 2.42. The van der Waals surface area contributed by atoms with Gasteiger partial charge >= 0.3 is 0 Å². The predicted octanol–water partition coefficient (Wildman–Crippen LogP) is 11.9. The lowest BCUT2D eigenvalue weighted by Crippen LogP contribution is -2.15. The zero-order chi connectivity index (χ0) is 27.7. The molecule has 8 aromatic carbocycles. The Morgan fingerprint density at radius 3 is 1.66 bits per heavy atom. The van der Waals surface area contributed by atoms with Crippen molar-refractivity contribution in [3.05, 3.63) is 133 Å². The molecule has 0 aliphatic rings. The van der Waals surface area contributed by atoms with E-state index in [0.717, 1.165) is 6.42 Å². The van der Waals surface area contributed by atoms with E-state index in [0.29, 0.717) is 0 Å². The first-order chi connectivity index (χ1) is 20.0. The molecule has 0 aromatic heterocycles. The van der Waals surface area contributed by atoms with Crippen molar-refractivity contribution >= 4 is 53.9 Å². The topological polar surface area (TPSA) is 0 Å². The number of fused-ring (bicyclic) bond motifs is 2. The lowest BCUT2D eigenvalue weighted by Gasteiger charge is -2.25. The van der Waals surface area contributed by atoms with Crippen molar-refractivity contribution in [2.24, 2.45) is 0 Å². The third kappa shape index (κ3) is 3.82. The highest BCUT2D eigenvalue weighted by Gasteiger charge is 2.20. The van der Waals surface area contributed by atoms with E-state index in [2.05, 4.69) is 148 Å². The maximum Gasteiger partial charge on any atom is -0.00206 e. The lowest BCUT2D eigenvalue weighted by molar-refractivity contribution is 0.507. The van der Waals surface area contributed by atoms with Crippen molar-refractivity contribution < 1.29 is 0 Å². The van der Waals surface area contributed by atoms with Crippen LogP contribution in [0.1, 0.15) is 32.8 Å². The van der Waals surface area contributed by atoms with E-state index in [1.165, 1.54) is 81.7 Å². The fourth-order valence-electron chi connectivity index (χ4n) is 6.63. The van der Waals surface area contributed by atoms with E-state index in [4.69, 9.17) is 0 Å². The third-order valence-electron chi connectivity index (χ3n) is 9.50. The molecule has 0 saturated carbocycles. The van der Waals surface area contributed by atoms with Crippen LogP contribution in [0.25, 0.3) is 76.1 Å². The van der Waals surface area contributed by atoms with Gasteiger partial charge in [0.1, 0.15) is 0 Å². The molecule has 0 nitrogen and oxygen atoms in total. The second kappa shape index (κ2) is 8.91. The summed E-state index contributed by atoms with van der Waals surface area (Å²) < 4.78 is 0. The molecule has 0 spiro atoms. The molecular weight excluding hydrogens is 492 g/mol. The van der Waals surface area contributed by atoms with Crippen LogP contribution in [0.3, 0.4) is 0 Å².